The summed E-state index contributed by atoms with van der Waals surface area (Å²) in [6.45, 7) is 10.9. The van der Waals surface area contributed by atoms with Crippen LogP contribution in [0.5, 0.6) is 0 Å². The zero-order chi connectivity index (χ0) is 15.0. The summed E-state index contributed by atoms with van der Waals surface area (Å²) in [5.74, 6) is 0.612. The van der Waals surface area contributed by atoms with Gasteiger partial charge < -0.3 is 10.6 Å². The summed E-state index contributed by atoms with van der Waals surface area (Å²) in [5, 5.41) is 5.77. The van der Waals surface area contributed by atoms with E-state index in [1.807, 2.05) is 13.8 Å². The first-order valence-corrected chi connectivity index (χ1v) is 7.40. The van der Waals surface area contributed by atoms with Gasteiger partial charge in [0, 0.05) is 25.6 Å². The second-order valence-corrected chi connectivity index (χ2v) is 5.74. The fourth-order valence-corrected chi connectivity index (χ4v) is 2.36. The number of likely N-dealkylation sites (tertiary alicyclic amines) is 1. The molecule has 0 aromatic rings. The monoisotopic (exact) mass is 281 g/mol. The van der Waals surface area contributed by atoms with Gasteiger partial charge in [0.15, 0.2) is 0 Å². The van der Waals surface area contributed by atoms with Crippen LogP contribution < -0.4 is 10.6 Å². The number of carbonyl (C=O) groups is 2. The lowest BCUT2D eigenvalue weighted by Gasteiger charge is -2.32. The van der Waals surface area contributed by atoms with Crippen molar-refractivity contribution in [2.75, 3.05) is 32.7 Å². The van der Waals surface area contributed by atoms with E-state index >= 15 is 0 Å². The zero-order valence-corrected chi connectivity index (χ0v) is 12.7. The highest BCUT2D eigenvalue weighted by Gasteiger charge is 2.22. The van der Waals surface area contributed by atoms with Crippen molar-refractivity contribution in [2.45, 2.75) is 26.7 Å². The summed E-state index contributed by atoms with van der Waals surface area (Å²) >= 11 is 0. The molecule has 20 heavy (non-hydrogen) atoms. The summed E-state index contributed by atoms with van der Waals surface area (Å²) in [6, 6.07) is 0. The van der Waals surface area contributed by atoms with Crippen molar-refractivity contribution in [1.82, 2.24) is 15.5 Å². The van der Waals surface area contributed by atoms with Gasteiger partial charge >= 0.3 is 0 Å². The standard InChI is InChI=1S/C15H27N3O2/c1-4-7-16-14(19)11-18-8-5-6-13(10-18)9-17-15(20)12(2)3/h4,12-13H,1,5-11H2,2-3H3,(H,16,19)(H,17,20)/t13-/m0/s1. The van der Waals surface area contributed by atoms with Crippen LogP contribution in [-0.2, 0) is 9.59 Å². The number of piperidine rings is 1. The Kier molecular flexibility index (Phi) is 7.30. The predicted molar refractivity (Wildman–Crippen MR) is 80.2 cm³/mol. The van der Waals surface area contributed by atoms with Gasteiger partial charge in [-0.25, -0.2) is 0 Å². The number of hydrogen-bond acceptors (Lipinski definition) is 3. The molecule has 0 aromatic carbocycles. The largest absolute Gasteiger partial charge is 0.356 e. The highest BCUT2D eigenvalue weighted by molar-refractivity contribution is 5.78. The first-order valence-electron chi connectivity index (χ1n) is 7.40. The number of amides is 2. The minimum Gasteiger partial charge on any atom is -0.356 e. The third-order valence-corrected chi connectivity index (χ3v) is 3.50. The molecule has 0 spiro atoms. The van der Waals surface area contributed by atoms with E-state index in [0.29, 0.717) is 25.6 Å². The van der Waals surface area contributed by atoms with E-state index in [9.17, 15) is 9.59 Å². The van der Waals surface area contributed by atoms with Crippen LogP contribution in [0.2, 0.25) is 0 Å². The molecule has 1 atom stereocenters. The molecule has 2 N–H and O–H groups in total. The quantitative estimate of drug-likeness (QED) is 0.678. The molecule has 2 amide bonds. The van der Waals surface area contributed by atoms with Crippen LogP contribution in [0.25, 0.3) is 0 Å². The Labute approximate surface area is 121 Å². The van der Waals surface area contributed by atoms with Gasteiger partial charge in [0.25, 0.3) is 0 Å². The molecule has 1 fully saturated rings. The summed E-state index contributed by atoms with van der Waals surface area (Å²) in [4.78, 5) is 25.4. The normalized spacial score (nSPS) is 19.6. The minimum atomic E-state index is 0.0272. The van der Waals surface area contributed by atoms with E-state index in [2.05, 4.69) is 22.1 Å². The summed E-state index contributed by atoms with van der Waals surface area (Å²) in [7, 11) is 0. The molecule has 0 saturated carbocycles. The predicted octanol–water partition coefficient (Wildman–Crippen LogP) is 0.773. The zero-order valence-electron chi connectivity index (χ0n) is 12.7. The maximum Gasteiger partial charge on any atom is 0.234 e. The van der Waals surface area contributed by atoms with Crippen LogP contribution in [0.4, 0.5) is 0 Å². The van der Waals surface area contributed by atoms with Gasteiger partial charge in [-0.1, -0.05) is 19.9 Å². The van der Waals surface area contributed by atoms with Crippen LogP contribution >= 0.6 is 0 Å². The van der Waals surface area contributed by atoms with E-state index in [1.165, 1.54) is 0 Å². The summed E-state index contributed by atoms with van der Waals surface area (Å²) < 4.78 is 0. The fraction of sp³-hybridized carbons (Fsp3) is 0.733. The molecule has 5 nitrogen and oxygen atoms in total. The lowest BCUT2D eigenvalue weighted by molar-refractivity contribution is -0.125. The molecule has 1 rings (SSSR count). The van der Waals surface area contributed by atoms with Gasteiger partial charge in [0.2, 0.25) is 11.8 Å². The topological polar surface area (TPSA) is 61.4 Å². The van der Waals surface area contributed by atoms with Crippen molar-refractivity contribution in [3.63, 3.8) is 0 Å². The van der Waals surface area contributed by atoms with Crippen LogP contribution in [0.15, 0.2) is 12.7 Å². The molecule has 5 heteroatoms. The average molecular weight is 281 g/mol. The molecule has 0 bridgehead atoms. The molecule has 114 valence electrons. The lowest BCUT2D eigenvalue weighted by atomic mass is 9.97. The Morgan fingerprint density at radius 1 is 1.40 bits per heavy atom. The van der Waals surface area contributed by atoms with E-state index in [-0.39, 0.29) is 17.7 Å². The van der Waals surface area contributed by atoms with Crippen LogP contribution in [-0.4, -0.2) is 49.4 Å². The van der Waals surface area contributed by atoms with Gasteiger partial charge in [-0.05, 0) is 25.3 Å². The molecular weight excluding hydrogens is 254 g/mol. The van der Waals surface area contributed by atoms with Gasteiger partial charge in [-0.15, -0.1) is 6.58 Å². The summed E-state index contributed by atoms with van der Waals surface area (Å²) in [5.41, 5.74) is 0. The van der Waals surface area contributed by atoms with Crippen molar-refractivity contribution in [3.8, 4) is 0 Å². The highest BCUT2D eigenvalue weighted by Crippen LogP contribution is 2.15. The Morgan fingerprint density at radius 3 is 2.80 bits per heavy atom. The second-order valence-electron chi connectivity index (χ2n) is 5.74. The molecule has 0 aliphatic carbocycles. The number of rotatable bonds is 7. The van der Waals surface area contributed by atoms with E-state index < -0.39 is 0 Å². The molecule has 0 radical (unpaired) electrons. The van der Waals surface area contributed by atoms with E-state index in [1.54, 1.807) is 6.08 Å². The van der Waals surface area contributed by atoms with E-state index in [0.717, 1.165) is 25.9 Å². The maximum absolute atomic E-state index is 11.7. The third-order valence-electron chi connectivity index (χ3n) is 3.50. The number of nitrogens with zero attached hydrogens (tertiary/aromatic N) is 1. The molecule has 1 saturated heterocycles. The maximum atomic E-state index is 11.7. The average Bonchev–Trinajstić information content (AvgIpc) is 2.42. The van der Waals surface area contributed by atoms with Gasteiger partial charge in [-0.2, -0.15) is 0 Å². The summed E-state index contributed by atoms with van der Waals surface area (Å²) in [6.07, 6.45) is 3.87. The number of carbonyl (C=O) groups excluding carboxylic acids is 2. The minimum absolute atomic E-state index is 0.0272. The molecule has 1 aliphatic rings. The Balaban J connectivity index is 2.29. The van der Waals surface area contributed by atoms with Crippen molar-refractivity contribution in [1.29, 1.82) is 0 Å². The third kappa shape index (κ3) is 6.19. The highest BCUT2D eigenvalue weighted by atomic mass is 16.2. The van der Waals surface area contributed by atoms with E-state index in [4.69, 9.17) is 0 Å². The van der Waals surface area contributed by atoms with Gasteiger partial charge in [-0.3, -0.25) is 14.5 Å². The first kappa shape index (κ1) is 16.7. The first-order chi connectivity index (χ1) is 9.52. The van der Waals surface area contributed by atoms with Crippen LogP contribution in [0.3, 0.4) is 0 Å². The molecule has 0 unspecified atom stereocenters. The SMILES string of the molecule is C=CCNC(=O)CN1CCC[C@@H](CNC(=O)C(C)C)C1. The van der Waals surface area contributed by atoms with Crippen molar-refractivity contribution >= 4 is 11.8 Å². The Morgan fingerprint density at radius 2 is 2.15 bits per heavy atom. The fourth-order valence-electron chi connectivity index (χ4n) is 2.36. The molecule has 1 aliphatic heterocycles. The Hall–Kier alpha value is -1.36. The van der Waals surface area contributed by atoms with Crippen LogP contribution in [0.1, 0.15) is 26.7 Å². The molecule has 0 aromatic heterocycles. The van der Waals surface area contributed by atoms with Gasteiger partial charge in [0.05, 0.1) is 6.54 Å². The van der Waals surface area contributed by atoms with Gasteiger partial charge in [0.1, 0.15) is 0 Å². The Bertz CT molecular complexity index is 342. The van der Waals surface area contributed by atoms with Crippen molar-refractivity contribution in [2.24, 2.45) is 11.8 Å². The van der Waals surface area contributed by atoms with Crippen LogP contribution in [0, 0.1) is 11.8 Å². The number of hydrogen-bond donors (Lipinski definition) is 2. The molecular formula is C15H27N3O2. The lowest BCUT2D eigenvalue weighted by Crippen LogP contribution is -2.45. The number of nitrogens with one attached hydrogen (secondary N) is 2. The van der Waals surface area contributed by atoms with Crippen molar-refractivity contribution in [3.05, 3.63) is 12.7 Å². The van der Waals surface area contributed by atoms with Crippen molar-refractivity contribution < 1.29 is 9.59 Å². The smallest absolute Gasteiger partial charge is 0.234 e. The second kappa shape index (κ2) is 8.74. The molecule has 1 heterocycles.